The van der Waals surface area contributed by atoms with Gasteiger partial charge in [0.1, 0.15) is 0 Å². The second-order valence-electron chi connectivity index (χ2n) is 4.63. The molecule has 0 aliphatic heterocycles. The minimum absolute atomic E-state index is 0.312. The second kappa shape index (κ2) is 7.48. The van der Waals surface area contributed by atoms with Crippen molar-refractivity contribution in [3.05, 3.63) is 15.6 Å². The highest BCUT2D eigenvalue weighted by Gasteiger charge is 2.22. The molecule has 0 aromatic carbocycles. The van der Waals surface area contributed by atoms with Gasteiger partial charge in [0.25, 0.3) is 0 Å². The molecule has 1 aliphatic carbocycles. The van der Waals surface area contributed by atoms with Gasteiger partial charge in [0, 0.05) is 29.8 Å². The molecule has 0 saturated carbocycles. The van der Waals surface area contributed by atoms with E-state index in [1.807, 2.05) is 23.1 Å². The Balaban J connectivity index is 1.74. The minimum Gasteiger partial charge on any atom is -0.396 e. The first-order valence-corrected chi connectivity index (χ1v) is 8.66. The van der Waals surface area contributed by atoms with Crippen molar-refractivity contribution in [3.63, 3.8) is 0 Å². The predicted octanol–water partition coefficient (Wildman–Crippen LogP) is 2.53. The van der Waals surface area contributed by atoms with Gasteiger partial charge < -0.3 is 10.4 Å². The topological polar surface area (TPSA) is 45.2 Å². The number of rotatable bonds is 7. The smallest absolute Gasteiger partial charge is 0.0900 e. The van der Waals surface area contributed by atoms with Crippen LogP contribution in [0.4, 0.5) is 0 Å². The summed E-state index contributed by atoms with van der Waals surface area (Å²) in [6.07, 6.45) is 4.57. The maximum Gasteiger partial charge on any atom is 0.0900 e. The van der Waals surface area contributed by atoms with Crippen LogP contribution in [0.25, 0.3) is 0 Å². The molecule has 1 aromatic heterocycles. The minimum atomic E-state index is 0.312. The van der Waals surface area contributed by atoms with Crippen molar-refractivity contribution in [3.8, 4) is 0 Å². The first-order valence-electron chi connectivity index (χ1n) is 6.69. The Morgan fingerprint density at radius 1 is 1.50 bits per heavy atom. The van der Waals surface area contributed by atoms with Crippen LogP contribution in [0.3, 0.4) is 0 Å². The lowest BCUT2D eigenvalue weighted by molar-refractivity contribution is 0.296. The van der Waals surface area contributed by atoms with Gasteiger partial charge in [-0.1, -0.05) is 0 Å². The van der Waals surface area contributed by atoms with E-state index in [4.69, 9.17) is 5.11 Å². The van der Waals surface area contributed by atoms with Crippen molar-refractivity contribution in [2.75, 3.05) is 24.7 Å². The summed E-state index contributed by atoms with van der Waals surface area (Å²) >= 11 is 3.77. The fraction of sp³-hybridized carbons (Fsp3) is 0.769. The fourth-order valence-corrected chi connectivity index (χ4v) is 4.19. The molecule has 1 heterocycles. The third kappa shape index (κ3) is 3.95. The number of thioether (sulfide) groups is 1. The number of aliphatic hydroxyl groups excluding tert-OH is 1. The summed E-state index contributed by atoms with van der Waals surface area (Å²) in [5, 5.41) is 13.6. The monoisotopic (exact) mass is 286 g/mol. The van der Waals surface area contributed by atoms with Crippen molar-refractivity contribution in [1.82, 2.24) is 10.3 Å². The normalized spacial score (nSPS) is 18.9. The van der Waals surface area contributed by atoms with E-state index < -0.39 is 0 Å². The van der Waals surface area contributed by atoms with Crippen molar-refractivity contribution in [1.29, 1.82) is 0 Å². The molecule has 0 radical (unpaired) electrons. The van der Waals surface area contributed by atoms with E-state index in [9.17, 15) is 0 Å². The molecule has 0 saturated heterocycles. The Bertz CT molecular complexity index is 368. The van der Waals surface area contributed by atoms with Gasteiger partial charge in [-0.15, -0.1) is 11.3 Å². The van der Waals surface area contributed by atoms with Gasteiger partial charge >= 0.3 is 0 Å². The average molecular weight is 286 g/mol. The van der Waals surface area contributed by atoms with E-state index in [-0.39, 0.29) is 0 Å². The second-order valence-corrected chi connectivity index (χ2v) is 7.09. The number of nitrogens with zero attached hydrogens (tertiary/aromatic N) is 1. The van der Waals surface area contributed by atoms with Crippen LogP contribution < -0.4 is 5.32 Å². The third-order valence-electron chi connectivity index (χ3n) is 3.14. The van der Waals surface area contributed by atoms with E-state index in [1.165, 1.54) is 28.4 Å². The zero-order valence-electron chi connectivity index (χ0n) is 10.9. The van der Waals surface area contributed by atoms with Crippen LogP contribution in [0.5, 0.6) is 0 Å². The lowest BCUT2D eigenvalue weighted by atomic mass is 9.98. The van der Waals surface area contributed by atoms with Gasteiger partial charge in [0.15, 0.2) is 0 Å². The summed E-state index contributed by atoms with van der Waals surface area (Å²) in [6, 6.07) is 0.526. The van der Waals surface area contributed by atoms with Crippen LogP contribution >= 0.6 is 23.1 Å². The van der Waals surface area contributed by atoms with Crippen molar-refractivity contribution in [2.45, 2.75) is 38.6 Å². The molecule has 2 rings (SSSR count). The van der Waals surface area contributed by atoms with Gasteiger partial charge in [-0.2, -0.15) is 11.8 Å². The molecule has 1 aromatic rings. The Labute approximate surface area is 117 Å². The SMILES string of the molecule is Cc1nc2c(s1)C(NCCSCCCO)CCC2. The highest BCUT2D eigenvalue weighted by atomic mass is 32.2. The number of hydrogen-bond donors (Lipinski definition) is 2. The number of aromatic nitrogens is 1. The van der Waals surface area contributed by atoms with Crippen LogP contribution in [-0.2, 0) is 6.42 Å². The first kappa shape index (κ1) is 14.3. The summed E-state index contributed by atoms with van der Waals surface area (Å²) in [4.78, 5) is 6.09. The summed E-state index contributed by atoms with van der Waals surface area (Å²) in [5.41, 5.74) is 1.33. The van der Waals surface area contributed by atoms with Crippen LogP contribution in [0.2, 0.25) is 0 Å². The highest BCUT2D eigenvalue weighted by molar-refractivity contribution is 7.99. The first-order chi connectivity index (χ1) is 8.81. The van der Waals surface area contributed by atoms with E-state index in [0.717, 1.165) is 30.9 Å². The Morgan fingerprint density at radius 2 is 2.39 bits per heavy atom. The van der Waals surface area contributed by atoms with Crippen molar-refractivity contribution < 1.29 is 5.11 Å². The molecule has 0 bridgehead atoms. The molecule has 3 nitrogen and oxygen atoms in total. The summed E-state index contributed by atoms with van der Waals surface area (Å²) in [5.74, 6) is 2.19. The lowest BCUT2D eigenvalue weighted by Gasteiger charge is -2.22. The molecule has 0 spiro atoms. The number of nitrogens with one attached hydrogen (secondary N) is 1. The number of thiazole rings is 1. The molecule has 2 N–H and O–H groups in total. The van der Waals surface area contributed by atoms with E-state index in [2.05, 4.69) is 17.2 Å². The van der Waals surface area contributed by atoms with Gasteiger partial charge in [-0.25, -0.2) is 4.98 Å². The van der Waals surface area contributed by atoms with Crippen molar-refractivity contribution in [2.24, 2.45) is 0 Å². The van der Waals surface area contributed by atoms with Crippen molar-refractivity contribution >= 4 is 23.1 Å². The largest absolute Gasteiger partial charge is 0.396 e. The summed E-state index contributed by atoms with van der Waals surface area (Å²) in [7, 11) is 0. The quantitative estimate of drug-likeness (QED) is 0.756. The zero-order valence-corrected chi connectivity index (χ0v) is 12.6. The van der Waals surface area contributed by atoms with Crippen LogP contribution in [0, 0.1) is 6.92 Å². The van der Waals surface area contributed by atoms with Gasteiger partial charge in [0.2, 0.25) is 0 Å². The summed E-state index contributed by atoms with van der Waals surface area (Å²) in [6.45, 7) is 3.47. The molecule has 1 unspecified atom stereocenters. The van der Waals surface area contributed by atoms with Gasteiger partial charge in [-0.05, 0) is 38.4 Å². The Hall–Kier alpha value is -0.100. The lowest BCUT2D eigenvalue weighted by Crippen LogP contribution is -2.26. The number of hydrogen-bond acceptors (Lipinski definition) is 5. The molecule has 102 valence electrons. The molecule has 0 amide bonds. The Kier molecular flexibility index (Phi) is 5.95. The van der Waals surface area contributed by atoms with Gasteiger partial charge in [0.05, 0.1) is 10.7 Å². The third-order valence-corrected chi connectivity index (χ3v) is 5.34. The number of fused-ring (bicyclic) bond motifs is 1. The standard InChI is InChI=1S/C13H22N2OS2/c1-10-15-12-5-2-4-11(13(12)18-10)14-6-9-17-8-3-7-16/h11,14,16H,2-9H2,1H3. The molecular formula is C13H22N2OS2. The molecule has 1 atom stereocenters. The molecular weight excluding hydrogens is 264 g/mol. The highest BCUT2D eigenvalue weighted by Crippen LogP contribution is 2.33. The predicted molar refractivity (Wildman–Crippen MR) is 79.6 cm³/mol. The van der Waals surface area contributed by atoms with E-state index >= 15 is 0 Å². The van der Waals surface area contributed by atoms with E-state index in [0.29, 0.717) is 12.6 Å². The Morgan fingerprint density at radius 3 is 3.22 bits per heavy atom. The molecule has 0 fully saturated rings. The van der Waals surface area contributed by atoms with E-state index in [1.54, 1.807) is 0 Å². The van der Waals surface area contributed by atoms with Gasteiger partial charge in [-0.3, -0.25) is 0 Å². The number of aryl methyl sites for hydroxylation is 2. The maximum absolute atomic E-state index is 8.70. The average Bonchev–Trinajstić information content (AvgIpc) is 2.74. The number of aliphatic hydroxyl groups is 1. The molecule has 5 heteroatoms. The van der Waals surface area contributed by atoms with Crippen LogP contribution in [-0.4, -0.2) is 34.7 Å². The fourth-order valence-electron chi connectivity index (χ4n) is 2.31. The zero-order chi connectivity index (χ0) is 12.8. The van der Waals surface area contributed by atoms with Crippen LogP contribution in [0.15, 0.2) is 0 Å². The molecule has 1 aliphatic rings. The maximum atomic E-state index is 8.70. The summed E-state index contributed by atoms with van der Waals surface area (Å²) < 4.78 is 0. The van der Waals surface area contributed by atoms with Crippen LogP contribution in [0.1, 0.15) is 40.9 Å². The molecule has 18 heavy (non-hydrogen) atoms.